The second-order valence-corrected chi connectivity index (χ2v) is 9.99. The van der Waals surface area contributed by atoms with Gasteiger partial charge in [0.15, 0.2) is 0 Å². The van der Waals surface area contributed by atoms with Crippen molar-refractivity contribution < 1.29 is 14.0 Å². The molecule has 1 heterocycles. The van der Waals surface area contributed by atoms with E-state index in [9.17, 15) is 14.0 Å². The molecule has 0 bridgehead atoms. The molecule has 182 valence electrons. The Kier molecular flexibility index (Phi) is 8.85. The molecule has 0 radical (unpaired) electrons. The highest BCUT2D eigenvalue weighted by Gasteiger charge is 2.28. The zero-order valence-electron chi connectivity index (χ0n) is 19.8. The maximum Gasteiger partial charge on any atom is 0.247 e. The van der Waals surface area contributed by atoms with Crippen LogP contribution in [0.15, 0.2) is 78.2 Å². The first-order valence-corrected chi connectivity index (χ1v) is 13.0. The zero-order chi connectivity index (χ0) is 24.5. The summed E-state index contributed by atoms with van der Waals surface area (Å²) in [5.74, 6) is -0.536. The van der Waals surface area contributed by atoms with Crippen LogP contribution in [0.1, 0.15) is 48.1 Å². The summed E-state index contributed by atoms with van der Waals surface area (Å²) in [7, 11) is 0. The van der Waals surface area contributed by atoms with Crippen molar-refractivity contribution in [3.63, 3.8) is 0 Å². The number of carbonyl (C=O) groups excluding carboxylic acids is 2. The molecule has 4 rings (SSSR count). The third-order valence-electron chi connectivity index (χ3n) is 6.39. The molecule has 6 heteroatoms. The van der Waals surface area contributed by atoms with Gasteiger partial charge in [0.1, 0.15) is 12.4 Å². The van der Waals surface area contributed by atoms with Crippen LogP contribution >= 0.6 is 11.3 Å². The molecule has 1 aliphatic carbocycles. The van der Waals surface area contributed by atoms with E-state index in [1.54, 1.807) is 39.3 Å². The first-order valence-electron chi connectivity index (χ1n) is 12.2. The molecule has 1 saturated carbocycles. The standard InChI is InChI=1S/C29H31FN2O2S/c30-25-16-13-24(14-17-25)20-31(21-27-12-7-19-35-27)29(34)22-32(26-10-5-2-6-11-26)28(33)18-15-23-8-3-1-4-9-23/h1,3-4,7-9,12-19,26H,2,5-6,10-11,20-22H2/b18-15+. The van der Waals surface area contributed by atoms with Gasteiger partial charge in [-0.2, -0.15) is 0 Å². The Balaban J connectivity index is 1.53. The third-order valence-corrected chi connectivity index (χ3v) is 7.25. The van der Waals surface area contributed by atoms with E-state index in [4.69, 9.17) is 0 Å². The summed E-state index contributed by atoms with van der Waals surface area (Å²) in [4.78, 5) is 31.5. The molecule has 3 aromatic rings. The minimum atomic E-state index is -0.302. The summed E-state index contributed by atoms with van der Waals surface area (Å²) in [6, 6.07) is 20.0. The van der Waals surface area contributed by atoms with E-state index in [0.29, 0.717) is 13.1 Å². The molecule has 0 saturated heterocycles. The van der Waals surface area contributed by atoms with E-state index in [0.717, 1.165) is 41.7 Å². The largest absolute Gasteiger partial charge is 0.332 e. The average molecular weight is 491 g/mol. The molecule has 0 atom stereocenters. The van der Waals surface area contributed by atoms with Crippen molar-refractivity contribution in [1.29, 1.82) is 0 Å². The second kappa shape index (κ2) is 12.5. The molecule has 0 spiro atoms. The molecular formula is C29H31FN2O2S. The molecule has 1 aromatic heterocycles. The number of carbonyl (C=O) groups is 2. The van der Waals surface area contributed by atoms with Gasteiger partial charge >= 0.3 is 0 Å². The van der Waals surface area contributed by atoms with E-state index in [1.807, 2.05) is 53.9 Å². The zero-order valence-corrected chi connectivity index (χ0v) is 20.6. The molecular weight excluding hydrogens is 459 g/mol. The molecule has 2 aromatic carbocycles. The van der Waals surface area contributed by atoms with Gasteiger partial charge in [0.05, 0.1) is 6.54 Å². The van der Waals surface area contributed by atoms with Crippen molar-refractivity contribution in [2.75, 3.05) is 6.54 Å². The summed E-state index contributed by atoms with van der Waals surface area (Å²) in [5, 5.41) is 1.99. The fraction of sp³-hybridized carbons (Fsp3) is 0.310. The summed E-state index contributed by atoms with van der Waals surface area (Å²) < 4.78 is 13.4. The number of hydrogen-bond acceptors (Lipinski definition) is 3. The monoisotopic (exact) mass is 490 g/mol. The van der Waals surface area contributed by atoms with Gasteiger partial charge in [-0.3, -0.25) is 9.59 Å². The Hall–Kier alpha value is -3.25. The Labute approximate surface area is 210 Å². The van der Waals surface area contributed by atoms with Crippen LogP contribution in [0.2, 0.25) is 0 Å². The highest BCUT2D eigenvalue weighted by Crippen LogP contribution is 2.24. The molecule has 0 N–H and O–H groups in total. The van der Waals surface area contributed by atoms with Crippen LogP contribution < -0.4 is 0 Å². The minimum absolute atomic E-state index is 0.0369. The van der Waals surface area contributed by atoms with Crippen molar-refractivity contribution in [3.8, 4) is 0 Å². The number of amides is 2. The number of benzene rings is 2. The van der Waals surface area contributed by atoms with E-state index in [1.165, 1.54) is 18.6 Å². The second-order valence-electron chi connectivity index (χ2n) is 8.96. The van der Waals surface area contributed by atoms with Crippen molar-refractivity contribution >= 4 is 29.2 Å². The number of halogens is 1. The Morgan fingerprint density at radius 2 is 1.66 bits per heavy atom. The Bertz CT molecular complexity index is 1110. The first kappa shape index (κ1) is 24.9. The maximum absolute atomic E-state index is 13.6. The van der Waals surface area contributed by atoms with E-state index >= 15 is 0 Å². The van der Waals surface area contributed by atoms with Crippen LogP contribution in [0.3, 0.4) is 0 Å². The van der Waals surface area contributed by atoms with Gasteiger partial charge in [-0.25, -0.2) is 4.39 Å². The fourth-order valence-electron chi connectivity index (χ4n) is 4.49. The molecule has 0 aliphatic heterocycles. The van der Waals surface area contributed by atoms with Crippen molar-refractivity contribution in [3.05, 3.63) is 100 Å². The van der Waals surface area contributed by atoms with Gasteiger partial charge in [-0.1, -0.05) is 67.8 Å². The van der Waals surface area contributed by atoms with Crippen molar-refractivity contribution in [2.24, 2.45) is 0 Å². The summed E-state index contributed by atoms with van der Waals surface area (Å²) in [6.07, 6.45) is 8.54. The predicted octanol–water partition coefficient (Wildman–Crippen LogP) is 6.29. The smallest absolute Gasteiger partial charge is 0.247 e. The van der Waals surface area contributed by atoms with Crippen LogP contribution in [0, 0.1) is 5.82 Å². The summed E-state index contributed by atoms with van der Waals surface area (Å²) in [6.45, 7) is 0.860. The lowest BCUT2D eigenvalue weighted by molar-refractivity contribution is -0.141. The van der Waals surface area contributed by atoms with Crippen LogP contribution in [-0.4, -0.2) is 34.2 Å². The summed E-state index contributed by atoms with van der Waals surface area (Å²) >= 11 is 1.60. The normalized spacial score (nSPS) is 14.2. The van der Waals surface area contributed by atoms with Crippen LogP contribution in [0.25, 0.3) is 6.08 Å². The van der Waals surface area contributed by atoms with E-state index < -0.39 is 0 Å². The highest BCUT2D eigenvalue weighted by molar-refractivity contribution is 7.09. The fourth-order valence-corrected chi connectivity index (χ4v) is 5.21. The predicted molar refractivity (Wildman–Crippen MR) is 139 cm³/mol. The van der Waals surface area contributed by atoms with Crippen LogP contribution in [0.5, 0.6) is 0 Å². The number of nitrogens with zero attached hydrogens (tertiary/aromatic N) is 2. The quantitative estimate of drug-likeness (QED) is 0.331. The van der Waals surface area contributed by atoms with Gasteiger partial charge < -0.3 is 9.80 Å². The number of thiophene rings is 1. The lowest BCUT2D eigenvalue weighted by Gasteiger charge is -2.35. The maximum atomic E-state index is 13.6. The minimum Gasteiger partial charge on any atom is -0.332 e. The molecule has 1 aliphatic rings. The van der Waals surface area contributed by atoms with Gasteiger partial charge in [0, 0.05) is 23.5 Å². The average Bonchev–Trinajstić information content (AvgIpc) is 3.41. The molecule has 4 nitrogen and oxygen atoms in total. The molecule has 1 fully saturated rings. The van der Waals surface area contributed by atoms with Crippen molar-refractivity contribution in [1.82, 2.24) is 9.80 Å². The molecule has 0 unspecified atom stereocenters. The van der Waals surface area contributed by atoms with Gasteiger partial charge in [-0.05, 0) is 53.6 Å². The number of rotatable bonds is 9. The van der Waals surface area contributed by atoms with Gasteiger partial charge in [0.25, 0.3) is 0 Å². The van der Waals surface area contributed by atoms with Crippen molar-refractivity contribution in [2.45, 2.75) is 51.2 Å². The lowest BCUT2D eigenvalue weighted by atomic mass is 9.94. The van der Waals surface area contributed by atoms with Crippen LogP contribution in [0.4, 0.5) is 4.39 Å². The highest BCUT2D eigenvalue weighted by atomic mass is 32.1. The SMILES string of the molecule is O=C(CN(C(=O)/C=C/c1ccccc1)C1CCCCC1)N(Cc1ccc(F)cc1)Cc1cccs1. The lowest BCUT2D eigenvalue weighted by Crippen LogP contribution is -2.47. The van der Waals surface area contributed by atoms with E-state index in [-0.39, 0.29) is 30.2 Å². The van der Waals surface area contributed by atoms with E-state index in [2.05, 4.69) is 0 Å². The van der Waals surface area contributed by atoms with Crippen LogP contribution in [-0.2, 0) is 22.7 Å². The van der Waals surface area contributed by atoms with Gasteiger partial charge in [-0.15, -0.1) is 11.3 Å². The molecule has 35 heavy (non-hydrogen) atoms. The van der Waals surface area contributed by atoms with Gasteiger partial charge in [0.2, 0.25) is 11.8 Å². The number of hydrogen-bond donors (Lipinski definition) is 0. The summed E-state index contributed by atoms with van der Waals surface area (Å²) in [5.41, 5.74) is 1.81. The Morgan fingerprint density at radius 3 is 2.34 bits per heavy atom. The third kappa shape index (κ3) is 7.36. The molecule has 2 amide bonds. The topological polar surface area (TPSA) is 40.6 Å². The first-order chi connectivity index (χ1) is 17.1. The Morgan fingerprint density at radius 1 is 0.914 bits per heavy atom.